The van der Waals surface area contributed by atoms with Gasteiger partial charge in [-0.15, -0.1) is 5.10 Å². The zero-order chi connectivity index (χ0) is 24.2. The third kappa shape index (κ3) is 5.58. The van der Waals surface area contributed by atoms with Gasteiger partial charge in [-0.2, -0.15) is 4.99 Å². The van der Waals surface area contributed by atoms with Crippen LogP contribution in [0, 0.1) is 6.92 Å². The molecule has 178 valence electrons. The molecule has 4 rings (SSSR count). The van der Waals surface area contributed by atoms with E-state index < -0.39 is 5.91 Å². The number of nitrogens with two attached hydrogens (primary N) is 3. The van der Waals surface area contributed by atoms with E-state index in [9.17, 15) is 4.79 Å². The first-order chi connectivity index (χ1) is 16.3. The number of hydrogen-bond donors (Lipinski definition) is 4. The minimum absolute atomic E-state index is 0.00321. The summed E-state index contributed by atoms with van der Waals surface area (Å²) in [5.74, 6) is -0.949. The van der Waals surface area contributed by atoms with E-state index in [4.69, 9.17) is 28.8 Å². The van der Waals surface area contributed by atoms with Crippen molar-refractivity contribution < 1.29 is 4.79 Å². The highest BCUT2D eigenvalue weighted by molar-refractivity contribution is 6.31. The molecular formula is C21H26ClN11O. The Morgan fingerprint density at radius 2 is 1.88 bits per heavy atom. The molecule has 34 heavy (non-hydrogen) atoms. The predicted molar refractivity (Wildman–Crippen MR) is 129 cm³/mol. The van der Waals surface area contributed by atoms with Gasteiger partial charge in [0.25, 0.3) is 0 Å². The molecule has 7 N–H and O–H groups in total. The topological polar surface area (TPSA) is 179 Å². The van der Waals surface area contributed by atoms with Crippen molar-refractivity contribution in [2.45, 2.75) is 32.4 Å². The van der Waals surface area contributed by atoms with Gasteiger partial charge in [0.05, 0.1) is 17.6 Å². The van der Waals surface area contributed by atoms with Crippen LogP contribution in [0.15, 0.2) is 35.5 Å². The van der Waals surface area contributed by atoms with Crippen LogP contribution in [0.4, 0.5) is 11.6 Å². The van der Waals surface area contributed by atoms with Crippen LogP contribution in [-0.2, 0) is 6.54 Å². The predicted octanol–water partition coefficient (Wildman–Crippen LogP) is 0.893. The Kier molecular flexibility index (Phi) is 6.89. The third-order valence-corrected chi connectivity index (χ3v) is 5.76. The molecule has 0 aliphatic carbocycles. The highest BCUT2D eigenvalue weighted by atomic mass is 35.5. The zero-order valence-electron chi connectivity index (χ0n) is 18.6. The second-order valence-electron chi connectivity index (χ2n) is 8.10. The number of rotatable bonds is 5. The molecular weight excluding hydrogens is 458 g/mol. The Balaban J connectivity index is 1.27. The number of aromatic nitrogens is 5. The summed E-state index contributed by atoms with van der Waals surface area (Å²) in [6.45, 7) is 4.53. The Labute approximate surface area is 201 Å². The normalized spacial score (nSPS) is 15.4. The maximum absolute atomic E-state index is 12.3. The van der Waals surface area contributed by atoms with E-state index in [-0.39, 0.29) is 34.5 Å². The lowest BCUT2D eigenvalue weighted by molar-refractivity contribution is 0.0998. The number of nitrogens with zero attached hydrogens (tertiary/aromatic N) is 7. The average Bonchev–Trinajstić information content (AvgIpc) is 3.24. The molecule has 0 radical (unpaired) electrons. The van der Waals surface area contributed by atoms with Crippen molar-refractivity contribution in [2.75, 3.05) is 24.6 Å². The van der Waals surface area contributed by atoms with Gasteiger partial charge in [-0.3, -0.25) is 9.69 Å². The molecule has 3 heterocycles. The van der Waals surface area contributed by atoms with Gasteiger partial charge >= 0.3 is 5.91 Å². The summed E-state index contributed by atoms with van der Waals surface area (Å²) in [6.07, 6.45) is 3.61. The number of hydrogen-bond acceptors (Lipinski definition) is 8. The Hall–Kier alpha value is -3.77. The van der Waals surface area contributed by atoms with Crippen molar-refractivity contribution in [3.05, 3.63) is 52.6 Å². The Morgan fingerprint density at radius 3 is 2.53 bits per heavy atom. The number of nitrogens with one attached hydrogen (secondary N) is 1. The van der Waals surface area contributed by atoms with Crippen LogP contribution in [0.3, 0.4) is 0 Å². The van der Waals surface area contributed by atoms with Crippen molar-refractivity contribution in [3.63, 3.8) is 0 Å². The molecule has 1 saturated heterocycles. The highest BCUT2D eigenvalue weighted by Gasteiger charge is 2.21. The molecule has 3 aromatic rings. The van der Waals surface area contributed by atoms with Gasteiger partial charge in [-0.1, -0.05) is 28.9 Å². The molecule has 2 aromatic heterocycles. The van der Waals surface area contributed by atoms with Gasteiger partial charge in [-0.25, -0.2) is 14.6 Å². The number of amides is 1. The SMILES string of the molecule is Cc1cn(-c2ccc(CN3CCC(N/C(N)=N/C(=O)c4nc(Cl)c(N)nc4N)CC3)cc2)nn1. The van der Waals surface area contributed by atoms with Crippen LogP contribution in [0.1, 0.15) is 34.6 Å². The molecule has 1 fully saturated rings. The summed E-state index contributed by atoms with van der Waals surface area (Å²) >= 11 is 5.82. The van der Waals surface area contributed by atoms with Crippen molar-refractivity contribution in [1.29, 1.82) is 0 Å². The van der Waals surface area contributed by atoms with E-state index in [1.165, 1.54) is 5.56 Å². The number of benzene rings is 1. The molecule has 1 aliphatic heterocycles. The number of halogens is 1. The van der Waals surface area contributed by atoms with Crippen LogP contribution >= 0.6 is 11.6 Å². The number of carbonyl (C=O) groups is 1. The van der Waals surface area contributed by atoms with Gasteiger partial charge in [0.2, 0.25) is 0 Å². The first-order valence-corrected chi connectivity index (χ1v) is 11.1. The highest BCUT2D eigenvalue weighted by Crippen LogP contribution is 2.18. The van der Waals surface area contributed by atoms with Gasteiger partial charge in [0, 0.05) is 25.7 Å². The second-order valence-corrected chi connectivity index (χ2v) is 8.46. The summed E-state index contributed by atoms with van der Waals surface area (Å²) in [4.78, 5) is 26.2. The molecule has 0 saturated carbocycles. The van der Waals surface area contributed by atoms with Crippen LogP contribution in [0.2, 0.25) is 5.15 Å². The number of anilines is 2. The number of piperidine rings is 1. The molecule has 1 aromatic carbocycles. The maximum atomic E-state index is 12.3. The molecule has 0 spiro atoms. The summed E-state index contributed by atoms with van der Waals surface area (Å²) < 4.78 is 1.76. The van der Waals surface area contributed by atoms with E-state index in [0.717, 1.165) is 43.9 Å². The summed E-state index contributed by atoms with van der Waals surface area (Å²) in [5, 5.41) is 11.1. The number of carbonyl (C=O) groups excluding carboxylic acids is 1. The van der Waals surface area contributed by atoms with E-state index in [1.54, 1.807) is 4.68 Å². The minimum Gasteiger partial charge on any atom is -0.382 e. The van der Waals surface area contributed by atoms with Crippen molar-refractivity contribution in [2.24, 2.45) is 10.7 Å². The van der Waals surface area contributed by atoms with Gasteiger partial charge in [0.15, 0.2) is 28.4 Å². The van der Waals surface area contributed by atoms with Crippen molar-refractivity contribution in [1.82, 2.24) is 35.2 Å². The number of likely N-dealkylation sites (tertiary alicyclic amines) is 1. The first-order valence-electron chi connectivity index (χ1n) is 10.7. The summed E-state index contributed by atoms with van der Waals surface area (Å²) in [6, 6.07) is 8.38. The third-order valence-electron chi connectivity index (χ3n) is 5.48. The standard InChI is InChI=1S/C21H26ClN11O/c1-12-10-33(31-30-12)15-4-2-13(3-5-15)11-32-8-6-14(7-9-32)26-21(25)29-20(34)16-18(23)28-19(24)17(22)27-16/h2-5,10,14H,6-9,11H2,1H3,(H4,23,24,28)(H3,25,26,29,34). The van der Waals surface area contributed by atoms with Crippen LogP contribution in [0.5, 0.6) is 0 Å². The largest absolute Gasteiger partial charge is 0.382 e. The summed E-state index contributed by atoms with van der Waals surface area (Å²) in [5.41, 5.74) is 20.0. The monoisotopic (exact) mass is 483 g/mol. The van der Waals surface area contributed by atoms with Crippen molar-refractivity contribution >= 4 is 35.1 Å². The first kappa shape index (κ1) is 23.4. The Morgan fingerprint density at radius 1 is 1.18 bits per heavy atom. The van der Waals surface area contributed by atoms with Crippen LogP contribution in [0.25, 0.3) is 5.69 Å². The van der Waals surface area contributed by atoms with Gasteiger partial charge in [-0.05, 0) is 37.5 Å². The zero-order valence-corrected chi connectivity index (χ0v) is 19.4. The maximum Gasteiger partial charge on any atom is 0.302 e. The Bertz CT molecular complexity index is 1200. The lowest BCUT2D eigenvalue weighted by Crippen LogP contribution is -2.47. The van der Waals surface area contributed by atoms with Crippen molar-refractivity contribution in [3.8, 4) is 5.69 Å². The minimum atomic E-state index is -0.737. The van der Waals surface area contributed by atoms with Crippen LogP contribution in [-0.4, -0.2) is 60.9 Å². The molecule has 13 heteroatoms. The number of aryl methyl sites for hydroxylation is 1. The molecule has 0 atom stereocenters. The summed E-state index contributed by atoms with van der Waals surface area (Å²) in [7, 11) is 0. The second kappa shape index (κ2) is 10.0. The molecule has 1 amide bonds. The fraction of sp³-hybridized carbons (Fsp3) is 0.333. The van der Waals surface area contributed by atoms with E-state index >= 15 is 0 Å². The fourth-order valence-corrected chi connectivity index (χ4v) is 3.85. The molecule has 0 bridgehead atoms. The van der Waals surface area contributed by atoms with E-state index in [2.05, 4.69) is 47.6 Å². The van der Waals surface area contributed by atoms with Gasteiger partial charge in [0.1, 0.15) is 0 Å². The van der Waals surface area contributed by atoms with E-state index in [0.29, 0.717) is 0 Å². The number of guanidine groups is 1. The molecule has 12 nitrogen and oxygen atoms in total. The average molecular weight is 484 g/mol. The lowest BCUT2D eigenvalue weighted by Gasteiger charge is -2.32. The van der Waals surface area contributed by atoms with E-state index in [1.807, 2.05) is 25.3 Å². The smallest absolute Gasteiger partial charge is 0.302 e. The van der Waals surface area contributed by atoms with Crippen LogP contribution < -0.4 is 22.5 Å². The number of aliphatic imine (C=N–C) groups is 1. The molecule has 1 aliphatic rings. The van der Waals surface area contributed by atoms with Gasteiger partial charge < -0.3 is 22.5 Å². The molecule has 0 unspecified atom stereocenters. The number of nitrogen functional groups attached to an aromatic ring is 2. The fourth-order valence-electron chi connectivity index (χ4n) is 3.72. The quantitative estimate of drug-likeness (QED) is 0.300. The lowest BCUT2D eigenvalue weighted by atomic mass is 10.0.